The van der Waals surface area contributed by atoms with Crippen molar-refractivity contribution >= 4 is 22.7 Å². The number of nitrogens with zero attached hydrogens (tertiary/aromatic N) is 4. The van der Waals surface area contributed by atoms with Crippen molar-refractivity contribution in [1.82, 2.24) is 14.1 Å². The predicted molar refractivity (Wildman–Crippen MR) is 133 cm³/mol. The number of imidazole rings is 1. The van der Waals surface area contributed by atoms with E-state index in [4.69, 9.17) is 9.47 Å². The Morgan fingerprint density at radius 3 is 2.63 bits per heavy atom. The quantitative estimate of drug-likeness (QED) is 0.354. The molecule has 2 aromatic carbocycles. The Hall–Kier alpha value is -4.25. The average Bonchev–Trinajstić information content (AvgIpc) is 3.48. The summed E-state index contributed by atoms with van der Waals surface area (Å²) in [6.45, 7) is 4.44. The van der Waals surface area contributed by atoms with E-state index >= 15 is 0 Å². The van der Waals surface area contributed by atoms with Crippen LogP contribution in [0.2, 0.25) is 0 Å². The van der Waals surface area contributed by atoms with E-state index in [0.717, 1.165) is 28.7 Å². The van der Waals surface area contributed by atoms with Gasteiger partial charge in [0, 0.05) is 43.1 Å². The maximum Gasteiger partial charge on any atom is 0.411 e. The van der Waals surface area contributed by atoms with Gasteiger partial charge in [-0.3, -0.25) is 5.32 Å². The van der Waals surface area contributed by atoms with Gasteiger partial charge in [-0.15, -0.1) is 0 Å². The first-order chi connectivity index (χ1) is 16.9. The van der Waals surface area contributed by atoms with E-state index in [9.17, 15) is 10.1 Å². The zero-order chi connectivity index (χ0) is 24.5. The minimum atomic E-state index is -0.492. The zero-order valence-electron chi connectivity index (χ0n) is 20.0. The molecule has 1 fully saturated rings. The molecule has 2 heterocycles. The van der Waals surface area contributed by atoms with Crippen molar-refractivity contribution in [2.45, 2.75) is 39.3 Å². The van der Waals surface area contributed by atoms with Gasteiger partial charge < -0.3 is 18.6 Å². The van der Waals surface area contributed by atoms with E-state index in [1.165, 1.54) is 12.8 Å². The van der Waals surface area contributed by atoms with E-state index in [1.807, 2.05) is 60.3 Å². The maximum absolute atomic E-state index is 11.9. The minimum absolute atomic E-state index is 0.197. The molecule has 0 unspecified atom stereocenters. The van der Waals surface area contributed by atoms with Crippen molar-refractivity contribution in [1.29, 1.82) is 5.26 Å². The fourth-order valence-electron chi connectivity index (χ4n) is 4.18. The molecule has 8 heteroatoms. The molecule has 4 aromatic rings. The lowest BCUT2D eigenvalue weighted by Crippen LogP contribution is -2.17. The summed E-state index contributed by atoms with van der Waals surface area (Å²) in [5, 5.41) is 13.8. The number of nitriles is 1. The van der Waals surface area contributed by atoms with Crippen molar-refractivity contribution in [2.75, 3.05) is 5.32 Å². The van der Waals surface area contributed by atoms with E-state index in [1.54, 1.807) is 20.0 Å². The molecule has 0 radical (unpaired) electrons. The van der Waals surface area contributed by atoms with Crippen LogP contribution in [0.4, 0.5) is 10.5 Å². The number of aryl methyl sites for hydroxylation is 1. The van der Waals surface area contributed by atoms with E-state index in [2.05, 4.69) is 20.9 Å². The van der Waals surface area contributed by atoms with Crippen molar-refractivity contribution in [3.05, 3.63) is 60.4 Å². The Balaban J connectivity index is 1.54. The monoisotopic (exact) mass is 469 g/mol. The lowest BCUT2D eigenvalue weighted by atomic mass is 10.1. The van der Waals surface area contributed by atoms with Gasteiger partial charge in [-0.05, 0) is 62.4 Å². The fraction of sp³-hybridized carbons (Fsp3) is 0.296. The van der Waals surface area contributed by atoms with Crippen molar-refractivity contribution < 1.29 is 14.3 Å². The van der Waals surface area contributed by atoms with Crippen LogP contribution in [-0.2, 0) is 18.3 Å². The number of aromatic nitrogens is 3. The minimum Gasteiger partial charge on any atom is -0.447 e. The lowest BCUT2D eigenvalue weighted by molar-refractivity contribution is 0.130. The largest absolute Gasteiger partial charge is 0.447 e. The molecule has 35 heavy (non-hydrogen) atoms. The van der Waals surface area contributed by atoms with E-state index in [0.29, 0.717) is 28.9 Å². The standard InChI is InChI=1S/C27H27N5O3/c1-17(2)34-27(33)30-20-8-6-19(7-9-20)25-23(15-28)22-11-10-21(35-26-29-12-13-31(26)3)14-24(22)32(25)16-18-4-5-18/h6-14,17-18H,4-5,16H2,1-3H3,(H,30,33). The number of anilines is 1. The summed E-state index contributed by atoms with van der Waals surface area (Å²) in [6, 6.07) is 16.2. The number of hydrogen-bond donors (Lipinski definition) is 1. The zero-order valence-corrected chi connectivity index (χ0v) is 20.0. The van der Waals surface area contributed by atoms with Gasteiger partial charge in [-0.2, -0.15) is 5.26 Å². The van der Waals surface area contributed by atoms with Gasteiger partial charge in [0.05, 0.1) is 22.9 Å². The Morgan fingerprint density at radius 2 is 2.00 bits per heavy atom. The Bertz CT molecular complexity index is 1420. The molecule has 2 aromatic heterocycles. The van der Waals surface area contributed by atoms with Crippen molar-refractivity contribution in [3.8, 4) is 29.1 Å². The second-order valence-electron chi connectivity index (χ2n) is 9.15. The summed E-state index contributed by atoms with van der Waals surface area (Å²) in [4.78, 5) is 16.2. The second kappa shape index (κ2) is 9.18. The van der Waals surface area contributed by atoms with Gasteiger partial charge in [-0.1, -0.05) is 12.1 Å². The van der Waals surface area contributed by atoms with Gasteiger partial charge in [0.1, 0.15) is 11.8 Å². The lowest BCUT2D eigenvalue weighted by Gasteiger charge is -2.13. The number of hydrogen-bond acceptors (Lipinski definition) is 5. The fourth-order valence-corrected chi connectivity index (χ4v) is 4.18. The molecule has 178 valence electrons. The highest BCUT2D eigenvalue weighted by Gasteiger charge is 2.27. The molecular weight excluding hydrogens is 442 g/mol. The first kappa shape index (κ1) is 22.5. The van der Waals surface area contributed by atoms with Gasteiger partial charge in [0.2, 0.25) is 0 Å². The number of ether oxygens (including phenoxy) is 2. The second-order valence-corrected chi connectivity index (χ2v) is 9.15. The predicted octanol–water partition coefficient (Wildman–Crippen LogP) is 6.07. The normalized spacial score (nSPS) is 13.1. The molecule has 0 saturated heterocycles. The van der Waals surface area contributed by atoms with Crippen molar-refractivity contribution in [2.24, 2.45) is 13.0 Å². The van der Waals surface area contributed by atoms with Crippen LogP contribution in [0.25, 0.3) is 22.2 Å². The van der Waals surface area contributed by atoms with Gasteiger partial charge in [-0.25, -0.2) is 9.78 Å². The number of benzene rings is 2. The van der Waals surface area contributed by atoms with Crippen LogP contribution in [0.3, 0.4) is 0 Å². The van der Waals surface area contributed by atoms with Gasteiger partial charge >= 0.3 is 12.1 Å². The van der Waals surface area contributed by atoms with Crippen molar-refractivity contribution in [3.63, 3.8) is 0 Å². The van der Waals surface area contributed by atoms with Crippen LogP contribution in [0.15, 0.2) is 54.9 Å². The molecule has 0 bridgehead atoms. The van der Waals surface area contributed by atoms with Crippen LogP contribution in [-0.4, -0.2) is 26.3 Å². The smallest absolute Gasteiger partial charge is 0.411 e. The molecule has 0 spiro atoms. The molecule has 1 aliphatic rings. The van der Waals surface area contributed by atoms with Crippen LogP contribution in [0, 0.1) is 17.2 Å². The molecule has 1 N–H and O–H groups in total. The molecule has 1 saturated carbocycles. The topological polar surface area (TPSA) is 94.1 Å². The molecule has 1 amide bonds. The number of rotatable bonds is 7. The number of fused-ring (bicyclic) bond motifs is 1. The van der Waals surface area contributed by atoms with Gasteiger partial charge in [0.25, 0.3) is 0 Å². The van der Waals surface area contributed by atoms with Crippen LogP contribution < -0.4 is 10.1 Å². The molecule has 1 aliphatic carbocycles. The van der Waals surface area contributed by atoms with E-state index in [-0.39, 0.29) is 6.10 Å². The maximum atomic E-state index is 11.9. The SMILES string of the molecule is CC(C)OC(=O)Nc1ccc(-c2c(C#N)c3ccc(Oc4nccn4C)cc3n2CC2CC2)cc1. The molecule has 0 aliphatic heterocycles. The number of carbonyl (C=O) groups is 1. The Kier molecular flexibility index (Phi) is 5.91. The summed E-state index contributed by atoms with van der Waals surface area (Å²) in [5.41, 5.74) is 4.00. The Labute approximate surface area is 203 Å². The first-order valence-electron chi connectivity index (χ1n) is 11.7. The summed E-state index contributed by atoms with van der Waals surface area (Å²) in [5.74, 6) is 1.27. The average molecular weight is 470 g/mol. The highest BCUT2D eigenvalue weighted by Crippen LogP contribution is 2.40. The molecule has 8 nitrogen and oxygen atoms in total. The van der Waals surface area contributed by atoms with Gasteiger partial charge in [0.15, 0.2) is 0 Å². The third kappa shape index (κ3) is 4.71. The third-order valence-electron chi connectivity index (χ3n) is 6.02. The number of nitrogens with one attached hydrogen (secondary N) is 1. The summed E-state index contributed by atoms with van der Waals surface area (Å²) < 4.78 is 15.2. The summed E-state index contributed by atoms with van der Waals surface area (Å²) in [6.07, 6.45) is 5.20. The van der Waals surface area contributed by atoms with Crippen LogP contribution in [0.1, 0.15) is 32.3 Å². The van der Waals surface area contributed by atoms with E-state index < -0.39 is 6.09 Å². The number of amides is 1. The molecular formula is C27H27N5O3. The van der Waals surface area contributed by atoms with Crippen LogP contribution in [0.5, 0.6) is 11.8 Å². The summed E-state index contributed by atoms with van der Waals surface area (Å²) in [7, 11) is 1.88. The number of carbonyl (C=O) groups excluding carboxylic acids is 1. The summed E-state index contributed by atoms with van der Waals surface area (Å²) >= 11 is 0. The third-order valence-corrected chi connectivity index (χ3v) is 6.02. The Morgan fingerprint density at radius 1 is 1.23 bits per heavy atom. The highest BCUT2D eigenvalue weighted by atomic mass is 16.6. The molecule has 0 atom stereocenters. The molecule has 5 rings (SSSR count). The highest BCUT2D eigenvalue weighted by molar-refractivity contribution is 5.95. The van der Waals surface area contributed by atoms with Crippen LogP contribution >= 0.6 is 0 Å². The first-order valence-corrected chi connectivity index (χ1v) is 11.7.